The van der Waals surface area contributed by atoms with Crippen molar-refractivity contribution in [2.75, 3.05) is 0 Å². The van der Waals surface area contributed by atoms with Gasteiger partial charge < -0.3 is 15.1 Å². The fraction of sp³-hybridized carbons (Fsp3) is 0.333. The maximum Gasteiger partial charge on any atom is 0.303 e. The lowest BCUT2D eigenvalue weighted by Crippen LogP contribution is -2.33. The molecule has 0 spiro atoms. The molecule has 5 rings (SSSR count). The van der Waals surface area contributed by atoms with E-state index < -0.39 is 29.7 Å². The molecule has 40 heavy (non-hydrogen) atoms. The summed E-state index contributed by atoms with van der Waals surface area (Å²) in [7, 11) is 0. The summed E-state index contributed by atoms with van der Waals surface area (Å²) in [5.41, 5.74) is 1.31. The average Bonchev–Trinajstić information content (AvgIpc) is 3.35. The second-order valence-corrected chi connectivity index (χ2v) is 10.3. The SMILES string of the molecule is C[C@]1(C(O)c2ccc(F)cc2)CC(c2ccc3c(=O)n(C4=CC[C@H](F)C=C4)c(CCCCC(=O)O)nc3c2)=NO1. The van der Waals surface area contributed by atoms with Gasteiger partial charge in [0.1, 0.15) is 23.9 Å². The molecular weight excluding hydrogens is 520 g/mol. The van der Waals surface area contributed by atoms with Gasteiger partial charge in [-0.3, -0.25) is 14.2 Å². The van der Waals surface area contributed by atoms with Crippen LogP contribution in [0.25, 0.3) is 16.6 Å². The Labute approximate surface area is 228 Å². The Hall–Kier alpha value is -4.18. The Morgan fingerprint density at radius 2 is 2.00 bits per heavy atom. The molecule has 1 aliphatic carbocycles. The number of aromatic nitrogens is 2. The number of carboxylic acids is 1. The highest BCUT2D eigenvalue weighted by molar-refractivity contribution is 6.04. The van der Waals surface area contributed by atoms with Crippen LogP contribution in [0.4, 0.5) is 8.78 Å². The lowest BCUT2D eigenvalue weighted by atomic mass is 9.87. The quantitative estimate of drug-likeness (QED) is 0.360. The number of hydrogen-bond acceptors (Lipinski definition) is 6. The molecule has 10 heteroatoms. The van der Waals surface area contributed by atoms with Gasteiger partial charge in [0.25, 0.3) is 5.56 Å². The van der Waals surface area contributed by atoms with Crippen molar-refractivity contribution >= 4 is 28.3 Å². The molecule has 1 aliphatic heterocycles. The Bertz CT molecular complexity index is 1600. The Morgan fingerprint density at radius 1 is 1.23 bits per heavy atom. The Kier molecular flexibility index (Phi) is 7.62. The van der Waals surface area contributed by atoms with Crippen molar-refractivity contribution in [3.63, 3.8) is 0 Å². The Morgan fingerprint density at radius 3 is 2.70 bits per heavy atom. The van der Waals surface area contributed by atoms with Crippen LogP contribution in [-0.2, 0) is 16.1 Å². The van der Waals surface area contributed by atoms with Crippen molar-refractivity contribution < 1.29 is 28.6 Å². The Balaban J connectivity index is 1.46. The number of carbonyl (C=O) groups is 1. The van der Waals surface area contributed by atoms with Crippen LogP contribution in [0.1, 0.15) is 62.1 Å². The van der Waals surface area contributed by atoms with E-state index in [1.165, 1.54) is 34.9 Å². The molecule has 3 aromatic rings. The summed E-state index contributed by atoms with van der Waals surface area (Å²) < 4.78 is 28.5. The molecule has 0 saturated carbocycles. The fourth-order valence-corrected chi connectivity index (χ4v) is 5.01. The van der Waals surface area contributed by atoms with Crippen LogP contribution in [0, 0.1) is 5.82 Å². The van der Waals surface area contributed by atoms with Crippen LogP contribution >= 0.6 is 0 Å². The topological polar surface area (TPSA) is 114 Å². The largest absolute Gasteiger partial charge is 0.481 e. The van der Waals surface area contributed by atoms with Gasteiger partial charge in [0.2, 0.25) is 0 Å². The summed E-state index contributed by atoms with van der Waals surface area (Å²) in [6.45, 7) is 1.72. The highest BCUT2D eigenvalue weighted by atomic mass is 19.1. The van der Waals surface area contributed by atoms with Gasteiger partial charge in [-0.15, -0.1) is 0 Å². The van der Waals surface area contributed by atoms with E-state index in [9.17, 15) is 23.5 Å². The molecule has 2 N–H and O–H groups in total. The molecule has 0 bridgehead atoms. The number of hydrogen-bond donors (Lipinski definition) is 2. The van der Waals surface area contributed by atoms with Gasteiger partial charge in [0, 0.05) is 36.9 Å². The molecule has 0 radical (unpaired) electrons. The molecule has 1 aromatic heterocycles. The number of alkyl halides is 1. The molecular formula is C30H29F2N3O5. The molecule has 208 valence electrons. The zero-order valence-electron chi connectivity index (χ0n) is 21.9. The fourth-order valence-electron chi connectivity index (χ4n) is 5.01. The first-order valence-corrected chi connectivity index (χ1v) is 13.1. The van der Waals surface area contributed by atoms with Crippen molar-refractivity contribution in [3.8, 4) is 0 Å². The summed E-state index contributed by atoms with van der Waals surface area (Å²) in [6.07, 6.45) is 4.17. The lowest BCUT2D eigenvalue weighted by molar-refractivity contribution is -0.137. The minimum atomic E-state index is -1.11. The van der Waals surface area contributed by atoms with Gasteiger partial charge in [-0.1, -0.05) is 29.4 Å². The number of oxime groups is 1. The number of aryl methyl sites for hydroxylation is 1. The van der Waals surface area contributed by atoms with E-state index in [1.54, 1.807) is 37.3 Å². The first kappa shape index (κ1) is 27.4. The van der Waals surface area contributed by atoms with Crippen LogP contribution in [0.3, 0.4) is 0 Å². The van der Waals surface area contributed by atoms with E-state index in [0.717, 1.165) is 0 Å². The van der Waals surface area contributed by atoms with Gasteiger partial charge in [-0.25, -0.2) is 13.8 Å². The predicted octanol–water partition coefficient (Wildman–Crippen LogP) is 5.09. The van der Waals surface area contributed by atoms with Crippen molar-refractivity contribution in [2.45, 2.75) is 63.3 Å². The third-order valence-corrected chi connectivity index (χ3v) is 7.25. The molecule has 2 aliphatic rings. The number of rotatable bonds is 9. The molecule has 3 atom stereocenters. The monoisotopic (exact) mass is 549 g/mol. The van der Waals surface area contributed by atoms with Gasteiger partial charge >= 0.3 is 5.97 Å². The second kappa shape index (κ2) is 11.1. The number of carboxylic acid groups (broad SMARTS) is 1. The van der Waals surface area contributed by atoms with E-state index in [-0.39, 0.29) is 24.8 Å². The predicted molar refractivity (Wildman–Crippen MR) is 146 cm³/mol. The second-order valence-electron chi connectivity index (χ2n) is 10.3. The number of aliphatic hydroxyl groups excluding tert-OH is 1. The number of benzene rings is 2. The zero-order chi connectivity index (χ0) is 28.4. The average molecular weight is 550 g/mol. The highest BCUT2D eigenvalue weighted by Gasteiger charge is 2.42. The number of aliphatic hydroxyl groups is 1. The van der Waals surface area contributed by atoms with Crippen molar-refractivity contribution in [2.24, 2.45) is 5.16 Å². The number of nitrogens with zero attached hydrogens (tertiary/aromatic N) is 3. The van der Waals surface area contributed by atoms with Gasteiger partial charge in [0.05, 0.1) is 16.6 Å². The first-order valence-electron chi connectivity index (χ1n) is 13.1. The molecule has 8 nitrogen and oxygen atoms in total. The lowest BCUT2D eigenvalue weighted by Gasteiger charge is -2.27. The smallest absolute Gasteiger partial charge is 0.303 e. The van der Waals surface area contributed by atoms with Crippen LogP contribution in [0.5, 0.6) is 0 Å². The van der Waals surface area contributed by atoms with Crippen LogP contribution in [0.2, 0.25) is 0 Å². The summed E-state index contributed by atoms with van der Waals surface area (Å²) >= 11 is 0. The first-order chi connectivity index (χ1) is 19.1. The number of unbranched alkanes of at least 4 members (excludes halogenated alkanes) is 1. The summed E-state index contributed by atoms with van der Waals surface area (Å²) in [6, 6.07) is 10.7. The molecule has 2 heterocycles. The molecule has 1 unspecified atom stereocenters. The van der Waals surface area contributed by atoms with Crippen molar-refractivity contribution in [1.29, 1.82) is 0 Å². The van der Waals surface area contributed by atoms with E-state index in [2.05, 4.69) is 5.16 Å². The van der Waals surface area contributed by atoms with Crippen molar-refractivity contribution in [1.82, 2.24) is 9.55 Å². The van der Waals surface area contributed by atoms with E-state index in [4.69, 9.17) is 14.9 Å². The van der Waals surface area contributed by atoms with Crippen LogP contribution in [0.15, 0.2) is 70.6 Å². The maximum atomic E-state index is 13.7. The van der Waals surface area contributed by atoms with E-state index in [0.29, 0.717) is 58.5 Å². The number of allylic oxidation sites excluding steroid dienone is 4. The molecule has 0 saturated heterocycles. The third kappa shape index (κ3) is 5.58. The maximum absolute atomic E-state index is 13.7. The van der Waals surface area contributed by atoms with Crippen LogP contribution < -0.4 is 5.56 Å². The number of halogens is 2. The van der Waals surface area contributed by atoms with E-state index in [1.807, 2.05) is 0 Å². The molecule has 0 fully saturated rings. The van der Waals surface area contributed by atoms with Crippen molar-refractivity contribution in [3.05, 3.63) is 93.8 Å². The number of aliphatic carboxylic acids is 1. The van der Waals surface area contributed by atoms with Gasteiger partial charge in [0.15, 0.2) is 5.60 Å². The number of fused-ring (bicyclic) bond motifs is 1. The van der Waals surface area contributed by atoms with Gasteiger partial charge in [-0.2, -0.15) is 0 Å². The molecule has 0 amide bonds. The normalized spacial score (nSPS) is 21.1. The summed E-state index contributed by atoms with van der Waals surface area (Å²) in [4.78, 5) is 35.0. The third-order valence-electron chi connectivity index (χ3n) is 7.25. The minimum Gasteiger partial charge on any atom is -0.481 e. The zero-order valence-corrected chi connectivity index (χ0v) is 21.9. The van der Waals surface area contributed by atoms with Crippen LogP contribution in [-0.4, -0.2) is 43.2 Å². The standard InChI is InChI=1S/C30H29F2N3O5/c1-30(28(38)18-6-9-20(31)10-7-18)17-25(34-40-30)19-8-15-23-24(16-19)33-26(4-2-3-5-27(36)37)35(29(23)39)22-13-11-21(32)12-14-22/h6-11,13-16,21,28,38H,2-5,12,17H2,1H3,(H,36,37)/t21-,28?,30-/m1/s1. The highest BCUT2D eigenvalue weighted by Crippen LogP contribution is 2.38. The summed E-state index contributed by atoms with van der Waals surface area (Å²) in [5.74, 6) is -0.845. The minimum absolute atomic E-state index is 0.0104. The summed E-state index contributed by atoms with van der Waals surface area (Å²) in [5, 5.41) is 24.5. The molecule has 2 aromatic carbocycles. The van der Waals surface area contributed by atoms with E-state index >= 15 is 0 Å². The van der Waals surface area contributed by atoms with Gasteiger partial charge in [-0.05, 0) is 61.7 Å².